The van der Waals surface area contributed by atoms with Gasteiger partial charge in [0.05, 0.1) is 12.2 Å². The minimum atomic E-state index is -0.409. The second kappa shape index (κ2) is 6.08. The average molecular weight is 273 g/mol. The Morgan fingerprint density at radius 3 is 2.59 bits per heavy atom. The third-order valence-electron chi connectivity index (χ3n) is 2.13. The predicted octanol–water partition coefficient (Wildman–Crippen LogP) is 4.29. The van der Waals surface area contributed by atoms with Gasteiger partial charge in [-0.2, -0.15) is 0 Å². The molecule has 0 bridgehead atoms. The summed E-state index contributed by atoms with van der Waals surface area (Å²) in [7, 11) is 0. The zero-order valence-corrected chi connectivity index (χ0v) is 11.4. The van der Waals surface area contributed by atoms with Gasteiger partial charge in [0.15, 0.2) is 0 Å². The van der Waals surface area contributed by atoms with Crippen LogP contribution in [0, 0.1) is 0 Å². The van der Waals surface area contributed by atoms with Crippen molar-refractivity contribution in [3.8, 4) is 0 Å². The van der Waals surface area contributed by atoms with Crippen molar-refractivity contribution in [2.24, 2.45) is 0 Å². The Morgan fingerprint density at radius 2 is 2.06 bits per heavy atom. The van der Waals surface area contributed by atoms with E-state index in [4.69, 9.17) is 27.9 Å². The van der Waals surface area contributed by atoms with Gasteiger partial charge >= 0.3 is 5.97 Å². The molecule has 0 radical (unpaired) electrons. The molecule has 0 aliphatic rings. The van der Waals surface area contributed by atoms with E-state index in [0.717, 1.165) is 5.57 Å². The molecule has 2 nitrogen and oxygen atoms in total. The van der Waals surface area contributed by atoms with Crippen LogP contribution in [-0.2, 0) is 11.2 Å². The van der Waals surface area contributed by atoms with E-state index in [1.165, 1.54) is 0 Å². The lowest BCUT2D eigenvalue weighted by molar-refractivity contribution is 0.0525. The fraction of sp³-hybridized carbons (Fsp3) is 0.308. The monoisotopic (exact) mass is 272 g/mol. The minimum absolute atomic E-state index is 0.315. The van der Waals surface area contributed by atoms with Crippen molar-refractivity contribution in [1.82, 2.24) is 0 Å². The highest BCUT2D eigenvalue weighted by molar-refractivity contribution is 6.35. The Kier molecular flexibility index (Phi) is 5.03. The van der Waals surface area contributed by atoms with E-state index >= 15 is 0 Å². The van der Waals surface area contributed by atoms with Crippen molar-refractivity contribution in [3.05, 3.63) is 45.5 Å². The molecule has 1 aromatic carbocycles. The van der Waals surface area contributed by atoms with Gasteiger partial charge in [-0.1, -0.05) is 35.4 Å². The number of carbonyl (C=O) groups is 1. The summed E-state index contributed by atoms with van der Waals surface area (Å²) in [6.07, 6.45) is 0.532. The van der Waals surface area contributed by atoms with E-state index in [1.54, 1.807) is 19.1 Å². The SMILES string of the molecule is C=C(C)Cc1c(Cl)cc(Cl)cc1C(=O)OCC. The quantitative estimate of drug-likeness (QED) is 0.604. The summed E-state index contributed by atoms with van der Waals surface area (Å²) >= 11 is 12.0. The third-order valence-corrected chi connectivity index (χ3v) is 2.69. The van der Waals surface area contributed by atoms with Gasteiger partial charge in [-0.15, -0.1) is 0 Å². The molecule has 0 fully saturated rings. The summed E-state index contributed by atoms with van der Waals surface area (Å²) in [5.41, 5.74) is 2.04. The van der Waals surface area contributed by atoms with Crippen molar-refractivity contribution >= 4 is 29.2 Å². The van der Waals surface area contributed by atoms with Crippen molar-refractivity contribution < 1.29 is 9.53 Å². The summed E-state index contributed by atoms with van der Waals surface area (Å²) in [6, 6.07) is 3.19. The van der Waals surface area contributed by atoms with E-state index in [9.17, 15) is 4.79 Å². The highest BCUT2D eigenvalue weighted by Gasteiger charge is 2.16. The first-order valence-electron chi connectivity index (χ1n) is 5.25. The highest BCUT2D eigenvalue weighted by Crippen LogP contribution is 2.27. The van der Waals surface area contributed by atoms with Crippen LogP contribution in [0.3, 0.4) is 0 Å². The number of esters is 1. The molecule has 0 saturated carbocycles. The number of rotatable bonds is 4. The van der Waals surface area contributed by atoms with E-state index < -0.39 is 5.97 Å². The van der Waals surface area contributed by atoms with Crippen LogP contribution in [0.1, 0.15) is 29.8 Å². The summed E-state index contributed by atoms with van der Waals surface area (Å²) < 4.78 is 4.97. The smallest absolute Gasteiger partial charge is 0.338 e. The van der Waals surface area contributed by atoms with E-state index in [0.29, 0.717) is 34.2 Å². The Labute approximate surface area is 111 Å². The van der Waals surface area contributed by atoms with E-state index in [1.807, 2.05) is 6.92 Å². The van der Waals surface area contributed by atoms with Gasteiger partial charge in [-0.25, -0.2) is 4.79 Å². The summed E-state index contributed by atoms with van der Waals surface area (Å²) in [6.45, 7) is 7.76. The lowest BCUT2D eigenvalue weighted by Gasteiger charge is -2.11. The molecular formula is C13H14Cl2O2. The Balaban J connectivity index is 3.24. The molecule has 0 unspecified atom stereocenters. The molecule has 0 aliphatic heterocycles. The Bertz CT molecular complexity index is 453. The van der Waals surface area contributed by atoms with E-state index in [-0.39, 0.29) is 0 Å². The topological polar surface area (TPSA) is 26.3 Å². The fourth-order valence-electron chi connectivity index (χ4n) is 1.48. The average Bonchev–Trinajstić information content (AvgIpc) is 2.21. The Morgan fingerprint density at radius 1 is 1.41 bits per heavy atom. The maximum Gasteiger partial charge on any atom is 0.338 e. The first-order chi connectivity index (χ1) is 7.95. The molecule has 4 heteroatoms. The first kappa shape index (κ1) is 14.1. The second-order valence-electron chi connectivity index (χ2n) is 3.77. The molecule has 0 aromatic heterocycles. The van der Waals surface area contributed by atoms with Gasteiger partial charge in [-0.3, -0.25) is 0 Å². The molecule has 0 amide bonds. The molecule has 1 rings (SSSR count). The third kappa shape index (κ3) is 3.76. The molecule has 0 aliphatic carbocycles. The number of hydrogen-bond donors (Lipinski definition) is 0. The Hall–Kier alpha value is -0.990. The zero-order chi connectivity index (χ0) is 13.0. The number of carbonyl (C=O) groups excluding carboxylic acids is 1. The number of benzene rings is 1. The maximum absolute atomic E-state index is 11.8. The van der Waals surface area contributed by atoms with Crippen LogP contribution in [0.25, 0.3) is 0 Å². The molecule has 1 aromatic rings. The van der Waals surface area contributed by atoms with Crippen LogP contribution in [0.5, 0.6) is 0 Å². The zero-order valence-electron chi connectivity index (χ0n) is 9.85. The summed E-state index contributed by atoms with van der Waals surface area (Å²) in [4.78, 5) is 11.8. The van der Waals surface area contributed by atoms with Crippen molar-refractivity contribution in [2.75, 3.05) is 6.61 Å². The number of ether oxygens (including phenoxy) is 1. The minimum Gasteiger partial charge on any atom is -0.462 e. The molecule has 0 atom stereocenters. The highest BCUT2D eigenvalue weighted by atomic mass is 35.5. The van der Waals surface area contributed by atoms with Gasteiger partial charge in [0.25, 0.3) is 0 Å². The van der Waals surface area contributed by atoms with Crippen molar-refractivity contribution in [3.63, 3.8) is 0 Å². The van der Waals surface area contributed by atoms with Crippen LogP contribution in [0.4, 0.5) is 0 Å². The lowest BCUT2D eigenvalue weighted by atomic mass is 10.0. The first-order valence-corrected chi connectivity index (χ1v) is 6.00. The normalized spacial score (nSPS) is 10.1. The molecule has 17 heavy (non-hydrogen) atoms. The predicted molar refractivity (Wildman–Crippen MR) is 70.9 cm³/mol. The molecule has 0 heterocycles. The largest absolute Gasteiger partial charge is 0.462 e. The number of halogens is 2. The molecule has 0 saturated heterocycles. The van der Waals surface area contributed by atoms with Crippen LogP contribution in [0.15, 0.2) is 24.3 Å². The standard InChI is InChI=1S/C13H14Cl2O2/c1-4-17-13(16)11-6-9(14)7-12(15)10(11)5-8(2)3/h6-7H,2,4-5H2,1,3H3. The van der Waals surface area contributed by atoms with Gasteiger partial charge in [0.1, 0.15) is 0 Å². The van der Waals surface area contributed by atoms with Crippen LogP contribution < -0.4 is 0 Å². The van der Waals surface area contributed by atoms with Gasteiger partial charge in [0, 0.05) is 10.0 Å². The summed E-state index contributed by atoms with van der Waals surface area (Å²) in [5, 5.41) is 0.882. The van der Waals surface area contributed by atoms with Crippen LogP contribution >= 0.6 is 23.2 Å². The molecule has 0 spiro atoms. The van der Waals surface area contributed by atoms with Crippen LogP contribution in [-0.4, -0.2) is 12.6 Å². The van der Waals surface area contributed by atoms with Gasteiger partial charge in [-0.05, 0) is 38.0 Å². The maximum atomic E-state index is 11.8. The second-order valence-corrected chi connectivity index (χ2v) is 4.61. The van der Waals surface area contributed by atoms with Gasteiger partial charge < -0.3 is 4.74 Å². The van der Waals surface area contributed by atoms with Crippen LogP contribution in [0.2, 0.25) is 10.0 Å². The van der Waals surface area contributed by atoms with E-state index in [2.05, 4.69) is 6.58 Å². The molecular weight excluding hydrogens is 259 g/mol. The fourth-order valence-corrected chi connectivity index (χ4v) is 2.04. The summed E-state index contributed by atoms with van der Waals surface area (Å²) in [5.74, 6) is -0.409. The van der Waals surface area contributed by atoms with Crippen molar-refractivity contribution in [1.29, 1.82) is 0 Å². The number of allylic oxidation sites excluding steroid dienone is 1. The van der Waals surface area contributed by atoms with Gasteiger partial charge in [0.2, 0.25) is 0 Å². The lowest BCUT2D eigenvalue weighted by Crippen LogP contribution is -2.09. The molecule has 92 valence electrons. The molecule has 0 N–H and O–H groups in total. The number of hydrogen-bond acceptors (Lipinski definition) is 2. The van der Waals surface area contributed by atoms with Crippen molar-refractivity contribution in [2.45, 2.75) is 20.3 Å².